The van der Waals surface area contributed by atoms with Crippen LogP contribution in [-0.4, -0.2) is 15.7 Å². The second-order valence-corrected chi connectivity index (χ2v) is 7.25. The second-order valence-electron chi connectivity index (χ2n) is 6.00. The van der Waals surface area contributed by atoms with Gasteiger partial charge in [0.25, 0.3) is 5.91 Å². The summed E-state index contributed by atoms with van der Waals surface area (Å²) in [4.78, 5) is 12.4. The molecule has 5 nitrogen and oxygen atoms in total. The zero-order valence-electron chi connectivity index (χ0n) is 15.1. The van der Waals surface area contributed by atoms with Crippen molar-refractivity contribution in [2.24, 2.45) is 0 Å². The molecule has 0 radical (unpaired) electrons. The molecule has 0 aliphatic heterocycles. The van der Waals surface area contributed by atoms with Crippen LogP contribution in [0.5, 0.6) is 5.75 Å². The standard InChI is InChI=1S/C20H18Cl3N3O2/c1-2-26-18(17(23)10-25-26)11-24-20(27)14-5-3-13(4-6-14)12-28-19-8-7-15(21)9-16(19)22/h3-10H,2,11-12H2,1H3,(H,24,27). The summed E-state index contributed by atoms with van der Waals surface area (Å²) in [5.41, 5.74) is 2.24. The van der Waals surface area contributed by atoms with Crippen LogP contribution < -0.4 is 10.1 Å². The van der Waals surface area contributed by atoms with E-state index < -0.39 is 0 Å². The van der Waals surface area contributed by atoms with Gasteiger partial charge >= 0.3 is 0 Å². The van der Waals surface area contributed by atoms with Crippen LogP contribution in [0.15, 0.2) is 48.7 Å². The maximum absolute atomic E-state index is 12.4. The van der Waals surface area contributed by atoms with E-state index in [4.69, 9.17) is 39.5 Å². The number of halogens is 3. The summed E-state index contributed by atoms with van der Waals surface area (Å²) in [6.45, 7) is 3.29. The molecule has 1 aromatic heterocycles. The summed E-state index contributed by atoms with van der Waals surface area (Å²) in [6, 6.07) is 12.2. The molecule has 0 aliphatic carbocycles. The molecule has 146 valence electrons. The molecule has 8 heteroatoms. The highest BCUT2D eigenvalue weighted by molar-refractivity contribution is 6.35. The lowest BCUT2D eigenvalue weighted by molar-refractivity contribution is 0.0950. The van der Waals surface area contributed by atoms with Gasteiger partial charge in [-0.3, -0.25) is 9.48 Å². The van der Waals surface area contributed by atoms with Crippen molar-refractivity contribution in [2.75, 3.05) is 0 Å². The minimum atomic E-state index is -0.187. The van der Waals surface area contributed by atoms with Crippen molar-refractivity contribution in [1.29, 1.82) is 0 Å². The number of nitrogens with one attached hydrogen (secondary N) is 1. The van der Waals surface area contributed by atoms with Crippen LogP contribution in [0.2, 0.25) is 15.1 Å². The van der Waals surface area contributed by atoms with E-state index in [1.807, 2.05) is 19.1 Å². The molecule has 1 heterocycles. The summed E-state index contributed by atoms with van der Waals surface area (Å²) in [7, 11) is 0. The minimum Gasteiger partial charge on any atom is -0.487 e. The van der Waals surface area contributed by atoms with Crippen molar-refractivity contribution in [3.05, 3.63) is 80.6 Å². The van der Waals surface area contributed by atoms with Gasteiger partial charge in [-0.25, -0.2) is 0 Å². The van der Waals surface area contributed by atoms with Crippen molar-refractivity contribution in [1.82, 2.24) is 15.1 Å². The number of aromatic nitrogens is 2. The predicted octanol–water partition coefficient (Wildman–Crippen LogP) is 5.37. The van der Waals surface area contributed by atoms with Gasteiger partial charge in [0.05, 0.1) is 28.5 Å². The topological polar surface area (TPSA) is 56.2 Å². The third-order valence-corrected chi connectivity index (χ3v) is 4.96. The Morgan fingerprint density at radius 2 is 1.86 bits per heavy atom. The molecule has 0 unspecified atom stereocenters. The lowest BCUT2D eigenvalue weighted by Gasteiger charge is -2.10. The number of carbonyl (C=O) groups excluding carboxylic acids is 1. The lowest BCUT2D eigenvalue weighted by Crippen LogP contribution is -2.24. The third kappa shape index (κ3) is 4.98. The normalized spacial score (nSPS) is 10.7. The van der Waals surface area contributed by atoms with Gasteiger partial charge in [0.1, 0.15) is 12.4 Å². The largest absolute Gasteiger partial charge is 0.487 e. The van der Waals surface area contributed by atoms with Gasteiger partial charge in [-0.15, -0.1) is 0 Å². The molecule has 0 saturated carbocycles. The Balaban J connectivity index is 1.57. The van der Waals surface area contributed by atoms with Crippen LogP contribution in [0.25, 0.3) is 0 Å². The highest BCUT2D eigenvalue weighted by atomic mass is 35.5. The van der Waals surface area contributed by atoms with E-state index in [9.17, 15) is 4.79 Å². The van der Waals surface area contributed by atoms with Gasteiger partial charge in [-0.1, -0.05) is 46.9 Å². The van der Waals surface area contributed by atoms with Gasteiger partial charge < -0.3 is 10.1 Å². The maximum Gasteiger partial charge on any atom is 0.251 e. The molecule has 28 heavy (non-hydrogen) atoms. The predicted molar refractivity (Wildman–Crippen MR) is 111 cm³/mol. The summed E-state index contributed by atoms with van der Waals surface area (Å²) in [5, 5.41) is 8.56. The first-order chi connectivity index (χ1) is 13.5. The molecule has 3 aromatic rings. The molecule has 3 rings (SSSR count). The van der Waals surface area contributed by atoms with Gasteiger partial charge in [0.15, 0.2) is 0 Å². The molecule has 0 atom stereocenters. The van der Waals surface area contributed by atoms with Crippen molar-refractivity contribution in [3.8, 4) is 5.75 Å². The van der Waals surface area contributed by atoms with Gasteiger partial charge in [-0.2, -0.15) is 5.10 Å². The first kappa shape index (κ1) is 20.5. The van der Waals surface area contributed by atoms with Crippen LogP contribution in [0.3, 0.4) is 0 Å². The van der Waals surface area contributed by atoms with Crippen LogP contribution in [-0.2, 0) is 19.7 Å². The fraction of sp³-hybridized carbons (Fsp3) is 0.200. The van der Waals surface area contributed by atoms with E-state index in [0.29, 0.717) is 46.1 Å². The fourth-order valence-corrected chi connectivity index (χ4v) is 3.28. The molecule has 0 spiro atoms. The monoisotopic (exact) mass is 437 g/mol. The molecule has 1 amide bonds. The van der Waals surface area contributed by atoms with E-state index in [0.717, 1.165) is 11.3 Å². The number of aryl methyl sites for hydroxylation is 1. The summed E-state index contributed by atoms with van der Waals surface area (Å²) in [6.07, 6.45) is 1.58. The van der Waals surface area contributed by atoms with Crippen molar-refractivity contribution in [3.63, 3.8) is 0 Å². The zero-order valence-corrected chi connectivity index (χ0v) is 17.4. The average Bonchev–Trinajstić information content (AvgIpc) is 3.05. The quantitative estimate of drug-likeness (QED) is 0.539. The number of ether oxygens (including phenoxy) is 1. The lowest BCUT2D eigenvalue weighted by atomic mass is 10.1. The summed E-state index contributed by atoms with van der Waals surface area (Å²) in [5.74, 6) is 0.366. The first-order valence-electron chi connectivity index (χ1n) is 8.63. The number of rotatable bonds is 7. The highest BCUT2D eigenvalue weighted by Gasteiger charge is 2.11. The van der Waals surface area contributed by atoms with Crippen LogP contribution in [0, 0.1) is 0 Å². The summed E-state index contributed by atoms with van der Waals surface area (Å²) >= 11 is 18.1. The minimum absolute atomic E-state index is 0.187. The Kier molecular flexibility index (Phi) is 6.83. The van der Waals surface area contributed by atoms with E-state index >= 15 is 0 Å². The number of hydrogen-bond donors (Lipinski definition) is 1. The Morgan fingerprint density at radius 3 is 2.54 bits per heavy atom. The van der Waals surface area contributed by atoms with E-state index in [1.165, 1.54) is 0 Å². The van der Waals surface area contributed by atoms with Crippen LogP contribution in [0.4, 0.5) is 0 Å². The SMILES string of the molecule is CCn1ncc(Cl)c1CNC(=O)c1ccc(COc2ccc(Cl)cc2Cl)cc1. The Bertz CT molecular complexity index is 971. The maximum atomic E-state index is 12.4. The van der Waals surface area contributed by atoms with Crippen molar-refractivity contribution >= 4 is 40.7 Å². The summed E-state index contributed by atoms with van der Waals surface area (Å²) < 4.78 is 7.45. The smallest absolute Gasteiger partial charge is 0.251 e. The number of nitrogens with zero attached hydrogens (tertiary/aromatic N) is 2. The van der Waals surface area contributed by atoms with Crippen molar-refractivity contribution < 1.29 is 9.53 Å². The van der Waals surface area contributed by atoms with Gasteiger partial charge in [0.2, 0.25) is 0 Å². The Morgan fingerprint density at radius 1 is 1.11 bits per heavy atom. The van der Waals surface area contributed by atoms with E-state index in [-0.39, 0.29) is 5.91 Å². The average molecular weight is 439 g/mol. The number of amides is 1. The van der Waals surface area contributed by atoms with E-state index in [2.05, 4.69) is 10.4 Å². The van der Waals surface area contributed by atoms with Crippen LogP contribution >= 0.6 is 34.8 Å². The van der Waals surface area contributed by atoms with Crippen molar-refractivity contribution in [2.45, 2.75) is 26.6 Å². The number of benzene rings is 2. The first-order valence-corrected chi connectivity index (χ1v) is 9.76. The molecule has 0 bridgehead atoms. The van der Waals surface area contributed by atoms with Crippen LogP contribution in [0.1, 0.15) is 28.5 Å². The number of carbonyl (C=O) groups is 1. The number of hydrogen-bond acceptors (Lipinski definition) is 3. The van der Waals surface area contributed by atoms with Gasteiger partial charge in [0, 0.05) is 17.1 Å². The third-order valence-electron chi connectivity index (χ3n) is 4.12. The molecule has 1 N–H and O–H groups in total. The van der Waals surface area contributed by atoms with E-state index in [1.54, 1.807) is 41.2 Å². The zero-order chi connectivity index (χ0) is 20.1. The molecule has 2 aromatic carbocycles. The molecular weight excluding hydrogens is 421 g/mol. The molecule has 0 saturated heterocycles. The Hall–Kier alpha value is -2.21. The highest BCUT2D eigenvalue weighted by Crippen LogP contribution is 2.28. The molecule has 0 aliphatic rings. The molecular formula is C20H18Cl3N3O2. The van der Waals surface area contributed by atoms with Gasteiger partial charge in [-0.05, 0) is 42.8 Å². The fourth-order valence-electron chi connectivity index (χ4n) is 2.61. The second kappa shape index (κ2) is 9.32. The molecule has 0 fully saturated rings. The Labute approximate surface area is 178 Å².